The quantitative estimate of drug-likeness (QED) is 0.738. The van der Waals surface area contributed by atoms with Crippen LogP contribution in [0, 0.1) is 0 Å². The first-order valence-electron chi connectivity index (χ1n) is 10.2. The Morgan fingerprint density at radius 2 is 1.71 bits per heavy atom. The summed E-state index contributed by atoms with van der Waals surface area (Å²) in [5.74, 6) is 1.26. The molecule has 5 rings (SSSR count). The number of halogens is 2. The van der Waals surface area contributed by atoms with Gasteiger partial charge in [-0.15, -0.1) is 0 Å². The van der Waals surface area contributed by atoms with Crippen LogP contribution in [0.25, 0.3) is 0 Å². The predicted octanol–water partition coefficient (Wildman–Crippen LogP) is 5.04. The van der Waals surface area contributed by atoms with E-state index in [-0.39, 0.29) is 0 Å². The molecule has 2 aromatic rings. The maximum atomic E-state index is 10.0. The summed E-state index contributed by atoms with van der Waals surface area (Å²) in [5.41, 5.74) is 4.85. The molecule has 2 heterocycles. The molecule has 3 aliphatic rings. The van der Waals surface area contributed by atoms with Crippen molar-refractivity contribution in [2.45, 2.75) is 43.7 Å². The second kappa shape index (κ2) is 6.91. The van der Waals surface area contributed by atoms with Gasteiger partial charge in [-0.25, -0.2) is 0 Å². The highest BCUT2D eigenvalue weighted by atomic mass is 35.5. The van der Waals surface area contributed by atoms with E-state index in [0.29, 0.717) is 5.92 Å². The van der Waals surface area contributed by atoms with Crippen molar-refractivity contribution in [3.63, 3.8) is 0 Å². The summed E-state index contributed by atoms with van der Waals surface area (Å²) < 4.78 is 0. The Labute approximate surface area is 176 Å². The number of para-hydroxylation sites is 1. The molecule has 5 heteroatoms. The second-order valence-electron chi connectivity index (χ2n) is 9.05. The van der Waals surface area contributed by atoms with Crippen LogP contribution in [0.4, 0.5) is 5.69 Å². The Kier molecular flexibility index (Phi) is 4.63. The monoisotopic (exact) mass is 416 g/mol. The lowest BCUT2D eigenvalue weighted by molar-refractivity contribution is -0.0872. The third-order valence-electron chi connectivity index (χ3n) is 6.32. The Morgan fingerprint density at radius 3 is 2.32 bits per heavy atom. The van der Waals surface area contributed by atoms with Gasteiger partial charge in [-0.1, -0.05) is 47.5 Å². The molecule has 0 spiro atoms. The first-order chi connectivity index (χ1) is 13.4. The van der Waals surface area contributed by atoms with E-state index in [1.807, 2.05) is 25.1 Å². The number of anilines is 1. The number of hydrogen-bond donors (Lipinski definition) is 1. The van der Waals surface area contributed by atoms with Gasteiger partial charge in [-0.3, -0.25) is 4.90 Å². The van der Waals surface area contributed by atoms with Crippen LogP contribution in [0.1, 0.15) is 48.3 Å². The summed E-state index contributed by atoms with van der Waals surface area (Å²) in [5, 5.41) is 11.5. The van der Waals surface area contributed by atoms with E-state index in [9.17, 15) is 5.11 Å². The van der Waals surface area contributed by atoms with Crippen LogP contribution < -0.4 is 4.90 Å². The smallest absolute Gasteiger partial charge is 0.0872 e. The van der Waals surface area contributed by atoms with Crippen molar-refractivity contribution < 1.29 is 5.11 Å². The highest BCUT2D eigenvalue weighted by molar-refractivity contribution is 6.39. The van der Waals surface area contributed by atoms with Crippen molar-refractivity contribution in [1.29, 1.82) is 0 Å². The number of rotatable bonds is 5. The topological polar surface area (TPSA) is 26.7 Å². The summed E-state index contributed by atoms with van der Waals surface area (Å²) in [6.07, 6.45) is 2.61. The van der Waals surface area contributed by atoms with Gasteiger partial charge in [0.1, 0.15) is 0 Å². The van der Waals surface area contributed by atoms with E-state index in [2.05, 4.69) is 28.0 Å². The molecule has 2 saturated heterocycles. The van der Waals surface area contributed by atoms with Crippen LogP contribution >= 0.6 is 23.2 Å². The SMILES string of the molecule is CC1(O)CN(Cc2ccc(C3CN(c4c(Cl)cccc4Cl)C3)cc2C2CC2)C1. The highest BCUT2D eigenvalue weighted by Gasteiger charge is 2.37. The minimum atomic E-state index is -0.505. The summed E-state index contributed by atoms with van der Waals surface area (Å²) in [6.45, 7) is 6.34. The van der Waals surface area contributed by atoms with Gasteiger partial charge in [0.15, 0.2) is 0 Å². The predicted molar refractivity (Wildman–Crippen MR) is 116 cm³/mol. The van der Waals surface area contributed by atoms with Gasteiger partial charge in [-0.2, -0.15) is 0 Å². The summed E-state index contributed by atoms with van der Waals surface area (Å²) in [4.78, 5) is 4.62. The van der Waals surface area contributed by atoms with Crippen molar-refractivity contribution in [2.75, 3.05) is 31.1 Å². The van der Waals surface area contributed by atoms with Crippen LogP contribution in [-0.2, 0) is 6.54 Å². The molecule has 0 unspecified atom stereocenters. The Hall–Kier alpha value is -1.26. The third-order valence-corrected chi connectivity index (χ3v) is 6.93. The highest BCUT2D eigenvalue weighted by Crippen LogP contribution is 2.45. The molecule has 0 radical (unpaired) electrons. The number of hydrogen-bond acceptors (Lipinski definition) is 3. The van der Waals surface area contributed by atoms with Crippen molar-refractivity contribution in [3.05, 3.63) is 63.1 Å². The molecule has 1 aliphatic carbocycles. The van der Waals surface area contributed by atoms with Crippen molar-refractivity contribution in [2.24, 2.45) is 0 Å². The molecule has 1 N–H and O–H groups in total. The Balaban J connectivity index is 1.30. The number of benzene rings is 2. The summed E-state index contributed by atoms with van der Waals surface area (Å²) in [6, 6.07) is 12.8. The Bertz CT molecular complexity index is 875. The summed E-state index contributed by atoms with van der Waals surface area (Å²) >= 11 is 12.7. The third kappa shape index (κ3) is 3.54. The molecule has 2 aromatic carbocycles. The largest absolute Gasteiger partial charge is 0.388 e. The maximum Gasteiger partial charge on any atom is 0.0872 e. The maximum absolute atomic E-state index is 10.0. The minimum absolute atomic E-state index is 0.505. The van der Waals surface area contributed by atoms with Crippen molar-refractivity contribution in [3.8, 4) is 0 Å². The minimum Gasteiger partial charge on any atom is -0.388 e. The lowest BCUT2D eigenvalue weighted by Gasteiger charge is -2.44. The molecule has 3 nitrogen and oxygen atoms in total. The van der Waals surface area contributed by atoms with E-state index < -0.39 is 5.60 Å². The molecule has 148 valence electrons. The van der Waals surface area contributed by atoms with E-state index >= 15 is 0 Å². The molecular weight excluding hydrogens is 391 g/mol. The van der Waals surface area contributed by atoms with Crippen LogP contribution in [0.2, 0.25) is 10.0 Å². The van der Waals surface area contributed by atoms with E-state index in [1.54, 1.807) is 0 Å². The van der Waals surface area contributed by atoms with Crippen LogP contribution in [0.3, 0.4) is 0 Å². The molecule has 2 aliphatic heterocycles. The van der Waals surface area contributed by atoms with E-state index in [1.165, 1.54) is 29.5 Å². The van der Waals surface area contributed by atoms with Gasteiger partial charge >= 0.3 is 0 Å². The average Bonchev–Trinajstić information content (AvgIpc) is 3.40. The zero-order valence-corrected chi connectivity index (χ0v) is 17.7. The fourth-order valence-corrected chi connectivity index (χ4v) is 5.36. The zero-order valence-electron chi connectivity index (χ0n) is 16.2. The van der Waals surface area contributed by atoms with Gasteiger partial charge in [0, 0.05) is 38.6 Å². The van der Waals surface area contributed by atoms with E-state index in [4.69, 9.17) is 23.2 Å². The molecule has 0 amide bonds. The molecule has 0 aromatic heterocycles. The van der Waals surface area contributed by atoms with Gasteiger partial charge in [0.25, 0.3) is 0 Å². The first-order valence-corrected chi connectivity index (χ1v) is 10.9. The van der Waals surface area contributed by atoms with Crippen molar-refractivity contribution in [1.82, 2.24) is 4.90 Å². The van der Waals surface area contributed by atoms with E-state index in [0.717, 1.165) is 54.4 Å². The van der Waals surface area contributed by atoms with Gasteiger partial charge in [-0.05, 0) is 54.5 Å². The Morgan fingerprint density at radius 1 is 1.04 bits per heavy atom. The van der Waals surface area contributed by atoms with Crippen molar-refractivity contribution >= 4 is 28.9 Å². The normalized spacial score (nSPS) is 22.1. The summed E-state index contributed by atoms with van der Waals surface area (Å²) in [7, 11) is 0. The lowest BCUT2D eigenvalue weighted by Crippen LogP contribution is -2.59. The zero-order chi connectivity index (χ0) is 19.5. The number of β-amino-alcohol motifs (C(OH)–C–C–N with tert-alkyl or cyclic N) is 1. The molecule has 3 fully saturated rings. The number of aliphatic hydroxyl groups is 1. The van der Waals surface area contributed by atoms with Crippen LogP contribution in [0.15, 0.2) is 36.4 Å². The average molecular weight is 417 g/mol. The molecule has 1 saturated carbocycles. The fourth-order valence-electron chi connectivity index (χ4n) is 4.72. The second-order valence-corrected chi connectivity index (χ2v) is 9.86. The van der Waals surface area contributed by atoms with Crippen LogP contribution in [-0.4, -0.2) is 41.8 Å². The molecular formula is C23H26Cl2N2O. The fraction of sp³-hybridized carbons (Fsp3) is 0.478. The number of nitrogens with zero attached hydrogens (tertiary/aromatic N) is 2. The lowest BCUT2D eigenvalue weighted by atomic mass is 9.87. The van der Waals surface area contributed by atoms with Gasteiger partial charge in [0.2, 0.25) is 0 Å². The molecule has 28 heavy (non-hydrogen) atoms. The molecule has 0 atom stereocenters. The molecule has 0 bridgehead atoms. The van der Waals surface area contributed by atoms with Gasteiger partial charge in [0.05, 0.1) is 21.3 Å². The van der Waals surface area contributed by atoms with Crippen LogP contribution in [0.5, 0.6) is 0 Å². The first kappa shape index (κ1) is 18.7. The number of likely N-dealkylation sites (tertiary alicyclic amines) is 1. The standard InChI is InChI=1S/C23H26Cl2N2O/c1-23(28)13-26(14-23)10-17-8-7-16(9-19(17)15-5-6-15)18-11-27(12-18)22-20(24)3-2-4-21(22)25/h2-4,7-9,15,18,28H,5-6,10-14H2,1H3. The van der Waals surface area contributed by atoms with Gasteiger partial charge < -0.3 is 10.0 Å².